The maximum atomic E-state index is 12.4. The Morgan fingerprint density at radius 2 is 1.15 bits per heavy atom. The number of unbranched alkanes of at least 4 members (excludes halogenated alkanes) is 2. The minimum atomic E-state index is -0.501. The fourth-order valence-corrected chi connectivity index (χ4v) is 2.98. The molecule has 4 heteroatoms. The molecule has 0 amide bonds. The summed E-state index contributed by atoms with van der Waals surface area (Å²) in [5.41, 5.74) is 0. The first-order valence-electron chi connectivity index (χ1n) is 7.93. The van der Waals surface area contributed by atoms with Gasteiger partial charge in [0.05, 0.1) is 16.4 Å². The van der Waals surface area contributed by atoms with E-state index in [1.54, 1.807) is 0 Å². The van der Waals surface area contributed by atoms with Crippen molar-refractivity contribution in [2.45, 2.75) is 82.6 Å². The average molecular weight is 319 g/mol. The fourth-order valence-electron chi connectivity index (χ4n) is 2.26. The van der Waals surface area contributed by atoms with E-state index in [-0.39, 0.29) is 22.1 Å². The van der Waals surface area contributed by atoms with Gasteiger partial charge in [-0.3, -0.25) is 9.59 Å². The Labute approximate surface area is 135 Å². The quantitative estimate of drug-likeness (QED) is 0.410. The van der Waals surface area contributed by atoms with E-state index >= 15 is 0 Å². The minimum Gasteiger partial charge on any atom is -0.298 e. The number of ketones is 2. The van der Waals surface area contributed by atoms with Crippen LogP contribution in [-0.2, 0) is 9.59 Å². The number of rotatable bonds is 12. The molecule has 0 saturated heterocycles. The van der Waals surface area contributed by atoms with Crippen LogP contribution >= 0.6 is 25.3 Å². The second-order valence-electron chi connectivity index (χ2n) is 5.46. The van der Waals surface area contributed by atoms with Crippen molar-refractivity contribution in [2.75, 3.05) is 0 Å². The van der Waals surface area contributed by atoms with Crippen molar-refractivity contribution in [1.82, 2.24) is 0 Å². The topological polar surface area (TPSA) is 34.1 Å². The van der Waals surface area contributed by atoms with Gasteiger partial charge in [-0.2, -0.15) is 25.3 Å². The number of hydrogen-bond donors (Lipinski definition) is 2. The van der Waals surface area contributed by atoms with Crippen molar-refractivity contribution in [3.05, 3.63) is 0 Å². The molecule has 2 atom stereocenters. The molecule has 0 aromatic heterocycles. The number of hydrogen-bond acceptors (Lipinski definition) is 4. The number of thiol groups is 2. The Bertz CT molecular complexity index is 266. The van der Waals surface area contributed by atoms with Crippen LogP contribution in [0.25, 0.3) is 0 Å². The van der Waals surface area contributed by atoms with Crippen LogP contribution in [0.5, 0.6) is 0 Å². The third-order valence-corrected chi connectivity index (χ3v) is 4.61. The molecule has 0 bridgehead atoms. The van der Waals surface area contributed by atoms with Crippen LogP contribution in [0.3, 0.4) is 0 Å². The number of carbonyl (C=O) groups excluding carboxylic acids is 2. The van der Waals surface area contributed by atoms with E-state index < -0.39 is 5.92 Å². The monoisotopic (exact) mass is 318 g/mol. The molecular formula is C16H30O2S2. The zero-order valence-electron chi connectivity index (χ0n) is 13.1. The Balaban J connectivity index is 4.67. The zero-order valence-corrected chi connectivity index (χ0v) is 14.9. The molecule has 0 rings (SSSR count). The van der Waals surface area contributed by atoms with Crippen LogP contribution in [0.4, 0.5) is 0 Å². The van der Waals surface area contributed by atoms with Crippen LogP contribution < -0.4 is 0 Å². The van der Waals surface area contributed by atoms with Crippen LogP contribution in [0.15, 0.2) is 0 Å². The zero-order chi connectivity index (χ0) is 15.5. The smallest absolute Gasteiger partial charge is 0.156 e. The Morgan fingerprint density at radius 1 is 0.750 bits per heavy atom. The molecule has 0 fully saturated rings. The molecule has 0 aromatic carbocycles. The summed E-state index contributed by atoms with van der Waals surface area (Å²) in [6.45, 7) is 6.19. The maximum absolute atomic E-state index is 12.4. The van der Waals surface area contributed by atoms with Gasteiger partial charge in [-0.15, -0.1) is 0 Å². The predicted octanol–water partition coefficient (Wildman–Crippen LogP) is 4.52. The van der Waals surface area contributed by atoms with Crippen molar-refractivity contribution in [3.63, 3.8) is 0 Å². The molecule has 0 N–H and O–H groups in total. The summed E-state index contributed by atoms with van der Waals surface area (Å²) < 4.78 is 0. The highest BCUT2D eigenvalue weighted by Crippen LogP contribution is 2.22. The van der Waals surface area contributed by atoms with E-state index in [0.29, 0.717) is 6.42 Å². The Hall–Kier alpha value is 0.0400. The van der Waals surface area contributed by atoms with Crippen LogP contribution in [0.1, 0.15) is 72.1 Å². The predicted molar refractivity (Wildman–Crippen MR) is 93.0 cm³/mol. The highest BCUT2D eigenvalue weighted by molar-refractivity contribution is 7.82. The highest BCUT2D eigenvalue weighted by atomic mass is 32.1. The van der Waals surface area contributed by atoms with Gasteiger partial charge in [0.1, 0.15) is 0 Å². The normalized spacial score (nSPS) is 15.7. The van der Waals surface area contributed by atoms with Gasteiger partial charge in [-0.25, -0.2) is 0 Å². The van der Waals surface area contributed by atoms with Crippen molar-refractivity contribution >= 4 is 36.8 Å². The summed E-state index contributed by atoms with van der Waals surface area (Å²) in [5.74, 6) is -0.493. The van der Waals surface area contributed by atoms with Gasteiger partial charge < -0.3 is 0 Å². The van der Waals surface area contributed by atoms with Gasteiger partial charge in [0, 0.05) is 0 Å². The Kier molecular flexibility index (Phi) is 11.7. The molecule has 20 heavy (non-hydrogen) atoms. The molecule has 2 nitrogen and oxygen atoms in total. The van der Waals surface area contributed by atoms with Crippen LogP contribution in [-0.4, -0.2) is 22.1 Å². The SMILES string of the molecule is CCCCC(S)C(=O)C(CCC)C(=O)C(S)CCCC. The third kappa shape index (κ3) is 7.16. The van der Waals surface area contributed by atoms with E-state index in [2.05, 4.69) is 39.1 Å². The highest BCUT2D eigenvalue weighted by Gasteiger charge is 2.32. The van der Waals surface area contributed by atoms with E-state index in [1.807, 2.05) is 6.92 Å². The first-order chi connectivity index (χ1) is 9.49. The summed E-state index contributed by atoms with van der Waals surface area (Å²) in [6, 6.07) is 0. The minimum absolute atomic E-state index is 0.00387. The van der Waals surface area contributed by atoms with Gasteiger partial charge >= 0.3 is 0 Å². The molecular weight excluding hydrogens is 288 g/mol. The largest absolute Gasteiger partial charge is 0.298 e. The van der Waals surface area contributed by atoms with Gasteiger partial charge in [-0.05, 0) is 19.3 Å². The van der Waals surface area contributed by atoms with E-state index in [4.69, 9.17) is 0 Å². The lowest BCUT2D eigenvalue weighted by Crippen LogP contribution is -2.35. The van der Waals surface area contributed by atoms with Crippen molar-refractivity contribution in [2.24, 2.45) is 5.92 Å². The molecule has 0 aliphatic heterocycles. The number of carbonyl (C=O) groups is 2. The molecule has 0 aliphatic carbocycles. The van der Waals surface area contributed by atoms with Crippen molar-refractivity contribution in [3.8, 4) is 0 Å². The molecule has 118 valence electrons. The molecule has 2 unspecified atom stereocenters. The molecule has 0 aromatic rings. The molecule has 0 spiro atoms. The first kappa shape index (κ1) is 20.0. The number of Topliss-reactive ketones (excluding diaryl/α,β-unsaturated/α-hetero) is 2. The lowest BCUT2D eigenvalue weighted by Gasteiger charge is -2.21. The standard InChI is InChI=1S/C16H30O2S2/c1-4-7-10-13(19)15(17)12(9-6-3)16(18)14(20)11-8-5-2/h12-14,19-20H,4-11H2,1-3H3. The average Bonchev–Trinajstić information content (AvgIpc) is 2.46. The van der Waals surface area contributed by atoms with Crippen LogP contribution in [0, 0.1) is 5.92 Å². The lowest BCUT2D eigenvalue weighted by molar-refractivity contribution is -0.132. The van der Waals surface area contributed by atoms with Gasteiger partial charge in [-0.1, -0.05) is 52.9 Å². The summed E-state index contributed by atoms with van der Waals surface area (Å²) in [6.07, 6.45) is 7.04. The van der Waals surface area contributed by atoms with Crippen LogP contribution in [0.2, 0.25) is 0 Å². The molecule has 0 heterocycles. The van der Waals surface area contributed by atoms with E-state index in [9.17, 15) is 9.59 Å². The second-order valence-corrected chi connectivity index (χ2v) is 6.71. The first-order valence-corrected chi connectivity index (χ1v) is 8.96. The van der Waals surface area contributed by atoms with E-state index in [1.165, 1.54) is 0 Å². The third-order valence-electron chi connectivity index (χ3n) is 3.58. The molecule has 0 radical (unpaired) electrons. The molecule has 0 aliphatic rings. The summed E-state index contributed by atoms with van der Waals surface area (Å²) in [4.78, 5) is 24.9. The fraction of sp³-hybridized carbons (Fsp3) is 0.875. The molecule has 0 saturated carbocycles. The van der Waals surface area contributed by atoms with Gasteiger partial charge in [0.15, 0.2) is 11.6 Å². The van der Waals surface area contributed by atoms with Crippen molar-refractivity contribution in [1.29, 1.82) is 0 Å². The van der Waals surface area contributed by atoms with Crippen molar-refractivity contribution < 1.29 is 9.59 Å². The summed E-state index contributed by atoms with van der Waals surface area (Å²) in [7, 11) is 0. The Morgan fingerprint density at radius 3 is 1.45 bits per heavy atom. The van der Waals surface area contributed by atoms with Gasteiger partial charge in [0.25, 0.3) is 0 Å². The summed E-state index contributed by atoms with van der Waals surface area (Å²) >= 11 is 8.80. The van der Waals surface area contributed by atoms with E-state index in [0.717, 1.165) is 44.9 Å². The van der Waals surface area contributed by atoms with Gasteiger partial charge in [0.2, 0.25) is 0 Å². The maximum Gasteiger partial charge on any atom is 0.156 e. The lowest BCUT2D eigenvalue weighted by atomic mass is 9.88. The summed E-state index contributed by atoms with van der Waals surface area (Å²) in [5, 5.41) is -0.607. The second kappa shape index (κ2) is 11.7.